The Kier molecular flexibility index (Phi) is 4.12. The van der Waals surface area contributed by atoms with Gasteiger partial charge in [-0.05, 0) is 6.07 Å². The molecular weight excluding hydrogens is 286 g/mol. The van der Waals surface area contributed by atoms with E-state index >= 15 is 0 Å². The second kappa shape index (κ2) is 6.37. The van der Waals surface area contributed by atoms with Crippen LogP contribution in [0.5, 0.6) is 0 Å². The molecule has 0 spiro atoms. The van der Waals surface area contributed by atoms with Gasteiger partial charge in [0, 0.05) is 31.9 Å². The molecule has 2 aromatic rings. The predicted octanol–water partition coefficient (Wildman–Crippen LogP) is -0.441. The number of carbonyl (C=O) groups is 1. The summed E-state index contributed by atoms with van der Waals surface area (Å²) in [5, 5.41) is 8.60. The number of piperazine rings is 1. The van der Waals surface area contributed by atoms with Gasteiger partial charge in [-0.2, -0.15) is 0 Å². The van der Waals surface area contributed by atoms with Gasteiger partial charge < -0.3 is 4.90 Å². The Balaban J connectivity index is 1.58. The van der Waals surface area contributed by atoms with Crippen LogP contribution in [0.1, 0.15) is 13.3 Å². The molecule has 116 valence electrons. The van der Waals surface area contributed by atoms with E-state index in [0.29, 0.717) is 12.3 Å². The lowest BCUT2D eigenvalue weighted by Gasteiger charge is -2.29. The molecular formula is C13H18N7O2+. The van der Waals surface area contributed by atoms with Crippen LogP contribution in [0.25, 0.3) is 0 Å². The maximum absolute atomic E-state index is 11.3. The van der Waals surface area contributed by atoms with Gasteiger partial charge in [-0.3, -0.25) is 14.6 Å². The fraction of sp³-hybridized carbons (Fsp3) is 0.462. The van der Waals surface area contributed by atoms with Crippen molar-refractivity contribution in [1.29, 1.82) is 0 Å². The summed E-state index contributed by atoms with van der Waals surface area (Å²) in [7, 11) is 0. The molecule has 3 heterocycles. The SMILES string of the molecule is CCC(=O)Nc1c[n+](N2CCN(c3ncccn3)CC2)no1. The van der Waals surface area contributed by atoms with Crippen LogP contribution < -0.4 is 20.0 Å². The van der Waals surface area contributed by atoms with Gasteiger partial charge in [-0.25, -0.2) is 9.97 Å². The number of nitrogens with one attached hydrogen (secondary N) is 1. The van der Waals surface area contributed by atoms with Crippen LogP contribution in [-0.4, -0.2) is 47.3 Å². The maximum Gasteiger partial charge on any atom is 0.305 e. The molecule has 9 nitrogen and oxygen atoms in total. The van der Waals surface area contributed by atoms with Crippen molar-refractivity contribution in [3.05, 3.63) is 24.7 Å². The minimum Gasteiger partial charge on any atom is -0.337 e. The van der Waals surface area contributed by atoms with Crippen molar-refractivity contribution < 1.29 is 14.1 Å². The second-order valence-electron chi connectivity index (χ2n) is 4.88. The van der Waals surface area contributed by atoms with E-state index in [1.807, 2.05) is 5.01 Å². The summed E-state index contributed by atoms with van der Waals surface area (Å²) in [6.45, 7) is 4.89. The first-order valence-corrected chi connectivity index (χ1v) is 7.22. The van der Waals surface area contributed by atoms with Crippen LogP contribution in [-0.2, 0) is 4.79 Å². The topological polar surface area (TPSA) is 91.3 Å². The Labute approximate surface area is 127 Å². The average molecular weight is 304 g/mol. The molecule has 9 heteroatoms. The lowest BCUT2D eigenvalue weighted by Crippen LogP contribution is -2.65. The summed E-state index contributed by atoms with van der Waals surface area (Å²) < 4.78 is 5.10. The summed E-state index contributed by atoms with van der Waals surface area (Å²) in [5.74, 6) is 0.984. The van der Waals surface area contributed by atoms with Crippen molar-refractivity contribution >= 4 is 17.7 Å². The van der Waals surface area contributed by atoms with Crippen molar-refractivity contribution in [1.82, 2.24) is 15.2 Å². The van der Waals surface area contributed by atoms with Crippen molar-refractivity contribution in [2.75, 3.05) is 41.4 Å². The van der Waals surface area contributed by atoms with Crippen molar-refractivity contribution in [2.45, 2.75) is 13.3 Å². The highest BCUT2D eigenvalue weighted by Gasteiger charge is 2.27. The lowest BCUT2D eigenvalue weighted by atomic mass is 10.4. The fourth-order valence-electron chi connectivity index (χ4n) is 2.21. The molecule has 3 rings (SSSR count). The third-order valence-corrected chi connectivity index (χ3v) is 3.42. The molecule has 1 aliphatic heterocycles. The van der Waals surface area contributed by atoms with Crippen LogP contribution in [0.15, 0.2) is 29.2 Å². The number of nitrogens with zero attached hydrogens (tertiary/aromatic N) is 6. The molecule has 22 heavy (non-hydrogen) atoms. The molecule has 1 aliphatic rings. The van der Waals surface area contributed by atoms with Gasteiger partial charge in [0.25, 0.3) is 6.20 Å². The van der Waals surface area contributed by atoms with E-state index in [4.69, 9.17) is 4.52 Å². The van der Waals surface area contributed by atoms with Crippen LogP contribution in [0.4, 0.5) is 11.8 Å². The van der Waals surface area contributed by atoms with Crippen molar-refractivity contribution in [3.63, 3.8) is 0 Å². The highest BCUT2D eigenvalue weighted by atomic mass is 16.5. The first-order valence-electron chi connectivity index (χ1n) is 7.22. The molecule has 2 aromatic heterocycles. The monoisotopic (exact) mass is 304 g/mol. The Morgan fingerprint density at radius 3 is 2.73 bits per heavy atom. The maximum atomic E-state index is 11.3. The molecule has 1 saturated heterocycles. The molecule has 0 saturated carbocycles. The summed E-state index contributed by atoms with van der Waals surface area (Å²) in [5.41, 5.74) is 0. The van der Waals surface area contributed by atoms with E-state index in [1.54, 1.807) is 36.4 Å². The highest BCUT2D eigenvalue weighted by molar-refractivity contribution is 5.88. The molecule has 0 atom stereocenters. The Hall–Kier alpha value is -2.71. The summed E-state index contributed by atoms with van der Waals surface area (Å²) in [4.78, 5) is 23.6. The third-order valence-electron chi connectivity index (χ3n) is 3.42. The molecule has 0 radical (unpaired) electrons. The number of carbonyl (C=O) groups excluding carboxylic acids is 1. The summed E-state index contributed by atoms with van der Waals surface area (Å²) in [6, 6.07) is 1.80. The van der Waals surface area contributed by atoms with Crippen molar-refractivity contribution in [2.24, 2.45) is 0 Å². The van der Waals surface area contributed by atoms with E-state index in [0.717, 1.165) is 32.1 Å². The van der Waals surface area contributed by atoms with Gasteiger partial charge in [0.15, 0.2) is 0 Å². The standard InChI is InChI=1S/C13H17N7O2/c1-2-11(21)16-12-10-20(17-22-12)19-8-6-18(7-9-19)13-14-4-3-5-15-13/h3-5,10H,2,6-9H2,1H3/p+1. The molecule has 0 aromatic carbocycles. The normalized spacial score (nSPS) is 15.0. The quantitative estimate of drug-likeness (QED) is 0.766. The summed E-state index contributed by atoms with van der Waals surface area (Å²) in [6.07, 6.45) is 5.55. The van der Waals surface area contributed by atoms with Crippen LogP contribution in [0, 0.1) is 0 Å². The fourth-order valence-corrected chi connectivity index (χ4v) is 2.21. The number of rotatable bonds is 4. The predicted molar refractivity (Wildman–Crippen MR) is 77.8 cm³/mol. The largest absolute Gasteiger partial charge is 0.337 e. The van der Waals surface area contributed by atoms with Crippen LogP contribution in [0.2, 0.25) is 0 Å². The van der Waals surface area contributed by atoms with Gasteiger partial charge in [0.1, 0.15) is 0 Å². The number of anilines is 2. The number of amides is 1. The Morgan fingerprint density at radius 2 is 2.05 bits per heavy atom. The highest BCUT2D eigenvalue weighted by Crippen LogP contribution is 2.08. The van der Waals surface area contributed by atoms with Gasteiger partial charge in [0.05, 0.1) is 17.9 Å². The third kappa shape index (κ3) is 3.13. The Morgan fingerprint density at radius 1 is 1.32 bits per heavy atom. The number of hydrogen-bond donors (Lipinski definition) is 1. The van der Waals surface area contributed by atoms with Gasteiger partial charge >= 0.3 is 5.88 Å². The number of hydrogen-bond acceptors (Lipinski definition) is 7. The second-order valence-corrected chi connectivity index (χ2v) is 4.88. The first-order chi connectivity index (χ1) is 10.8. The van der Waals surface area contributed by atoms with E-state index < -0.39 is 0 Å². The lowest BCUT2D eigenvalue weighted by molar-refractivity contribution is -0.758. The van der Waals surface area contributed by atoms with Gasteiger partial charge in [-0.15, -0.1) is 5.01 Å². The molecule has 0 unspecified atom stereocenters. The molecule has 1 fully saturated rings. The minimum absolute atomic E-state index is 0.102. The summed E-state index contributed by atoms with van der Waals surface area (Å²) >= 11 is 0. The van der Waals surface area contributed by atoms with Crippen LogP contribution in [0.3, 0.4) is 0 Å². The van der Waals surface area contributed by atoms with Gasteiger partial charge in [0.2, 0.25) is 17.1 Å². The number of aromatic nitrogens is 4. The zero-order valence-electron chi connectivity index (χ0n) is 12.3. The average Bonchev–Trinajstić information content (AvgIpc) is 3.04. The van der Waals surface area contributed by atoms with Crippen LogP contribution >= 0.6 is 0 Å². The molecule has 1 N–H and O–H groups in total. The molecule has 1 amide bonds. The molecule has 0 bridgehead atoms. The zero-order valence-corrected chi connectivity index (χ0v) is 12.3. The van der Waals surface area contributed by atoms with E-state index in [-0.39, 0.29) is 5.91 Å². The van der Waals surface area contributed by atoms with E-state index in [1.165, 1.54) is 0 Å². The minimum atomic E-state index is -0.102. The smallest absolute Gasteiger partial charge is 0.305 e. The zero-order chi connectivity index (χ0) is 15.4. The first kappa shape index (κ1) is 14.2. The van der Waals surface area contributed by atoms with Crippen molar-refractivity contribution in [3.8, 4) is 0 Å². The molecule has 0 aliphatic carbocycles. The van der Waals surface area contributed by atoms with Gasteiger partial charge in [-0.1, -0.05) is 6.92 Å². The van der Waals surface area contributed by atoms with E-state index in [2.05, 4.69) is 25.5 Å². The Bertz CT molecular complexity index is 622. The van der Waals surface area contributed by atoms with E-state index in [9.17, 15) is 4.79 Å².